The van der Waals surface area contributed by atoms with Gasteiger partial charge in [0.05, 0.1) is 6.54 Å². The third kappa shape index (κ3) is 4.64. The van der Waals surface area contributed by atoms with E-state index in [0.29, 0.717) is 13.0 Å². The van der Waals surface area contributed by atoms with Gasteiger partial charge in [-0.25, -0.2) is 0 Å². The first-order valence-electron chi connectivity index (χ1n) is 6.75. The molecule has 1 heterocycles. The van der Waals surface area contributed by atoms with Gasteiger partial charge in [-0.2, -0.15) is 0 Å². The van der Waals surface area contributed by atoms with E-state index in [-0.39, 0.29) is 18.1 Å². The Bertz CT molecular complexity index is 240. The van der Waals surface area contributed by atoms with Gasteiger partial charge in [-0.1, -0.05) is 6.92 Å². The van der Waals surface area contributed by atoms with Crippen molar-refractivity contribution in [3.8, 4) is 0 Å². The predicted octanol–water partition coefficient (Wildman–Crippen LogP) is 1.14. The van der Waals surface area contributed by atoms with Crippen molar-refractivity contribution in [3.05, 3.63) is 0 Å². The molecule has 1 atom stereocenters. The molecule has 100 valence electrons. The van der Waals surface area contributed by atoms with Crippen molar-refractivity contribution in [3.63, 3.8) is 0 Å². The maximum atomic E-state index is 12.0. The number of aliphatic hydroxyl groups excluding tert-OH is 1. The van der Waals surface area contributed by atoms with Gasteiger partial charge in [0.15, 0.2) is 0 Å². The van der Waals surface area contributed by atoms with E-state index in [0.717, 1.165) is 32.4 Å². The first-order valence-corrected chi connectivity index (χ1v) is 6.75. The molecule has 1 rings (SSSR count). The molecule has 4 heteroatoms. The minimum Gasteiger partial charge on any atom is -0.396 e. The molecule has 1 aliphatic rings. The normalized spacial score (nSPS) is 20.1. The highest BCUT2D eigenvalue weighted by atomic mass is 16.3. The number of carbonyl (C=O) groups excluding carboxylic acids is 1. The quantitative estimate of drug-likeness (QED) is 0.734. The van der Waals surface area contributed by atoms with E-state index in [1.165, 1.54) is 6.42 Å². The smallest absolute Gasteiger partial charge is 0.236 e. The van der Waals surface area contributed by atoms with Crippen LogP contribution in [0.5, 0.6) is 0 Å². The number of amides is 1. The Hall–Kier alpha value is -0.610. The molecule has 0 aromatic heterocycles. The van der Waals surface area contributed by atoms with Gasteiger partial charge < -0.3 is 15.3 Å². The van der Waals surface area contributed by atoms with E-state index in [9.17, 15) is 4.79 Å². The Morgan fingerprint density at radius 3 is 2.53 bits per heavy atom. The molecule has 1 saturated heterocycles. The molecule has 0 radical (unpaired) electrons. The molecular weight excluding hydrogens is 216 g/mol. The van der Waals surface area contributed by atoms with Crippen molar-refractivity contribution in [1.29, 1.82) is 0 Å². The van der Waals surface area contributed by atoms with Gasteiger partial charge in [0.2, 0.25) is 5.91 Å². The fourth-order valence-corrected chi connectivity index (χ4v) is 2.18. The summed E-state index contributed by atoms with van der Waals surface area (Å²) in [7, 11) is 0. The molecule has 1 aliphatic heterocycles. The second-order valence-electron chi connectivity index (χ2n) is 5.18. The van der Waals surface area contributed by atoms with Crippen LogP contribution in [0.4, 0.5) is 0 Å². The number of nitrogens with zero attached hydrogens (tertiary/aromatic N) is 1. The summed E-state index contributed by atoms with van der Waals surface area (Å²) in [5, 5.41) is 12.3. The lowest BCUT2D eigenvalue weighted by molar-refractivity contribution is -0.131. The van der Waals surface area contributed by atoms with E-state index in [4.69, 9.17) is 5.11 Å². The topological polar surface area (TPSA) is 52.6 Å². The molecule has 4 nitrogen and oxygen atoms in total. The minimum absolute atomic E-state index is 0.125. The monoisotopic (exact) mass is 242 g/mol. The fourth-order valence-electron chi connectivity index (χ4n) is 2.18. The summed E-state index contributed by atoms with van der Waals surface area (Å²) in [6.07, 6.45) is 5.12. The molecular formula is C13H26N2O2. The van der Waals surface area contributed by atoms with Crippen molar-refractivity contribution in [2.24, 2.45) is 0 Å². The molecule has 1 amide bonds. The maximum absolute atomic E-state index is 12.0. The van der Waals surface area contributed by atoms with Crippen LogP contribution in [0.2, 0.25) is 0 Å². The van der Waals surface area contributed by atoms with E-state index in [1.54, 1.807) is 0 Å². The zero-order valence-electron chi connectivity index (χ0n) is 11.2. The molecule has 1 fully saturated rings. The molecule has 0 spiro atoms. The van der Waals surface area contributed by atoms with Gasteiger partial charge in [0.25, 0.3) is 0 Å². The number of likely N-dealkylation sites (tertiary alicyclic amines) is 1. The number of aliphatic hydroxyl groups is 1. The summed E-state index contributed by atoms with van der Waals surface area (Å²) < 4.78 is 0. The van der Waals surface area contributed by atoms with Gasteiger partial charge in [-0.15, -0.1) is 0 Å². The average molecular weight is 242 g/mol. The highest BCUT2D eigenvalue weighted by molar-refractivity contribution is 5.78. The van der Waals surface area contributed by atoms with E-state index < -0.39 is 0 Å². The van der Waals surface area contributed by atoms with Crippen LogP contribution in [0.1, 0.15) is 46.0 Å². The number of rotatable bonds is 6. The Morgan fingerprint density at radius 1 is 1.35 bits per heavy atom. The van der Waals surface area contributed by atoms with Crippen LogP contribution in [-0.2, 0) is 4.79 Å². The number of hydrogen-bond acceptors (Lipinski definition) is 3. The van der Waals surface area contributed by atoms with Crippen molar-refractivity contribution < 1.29 is 9.90 Å². The number of hydrogen-bond donors (Lipinski definition) is 2. The minimum atomic E-state index is -0.125. The summed E-state index contributed by atoms with van der Waals surface area (Å²) in [5.74, 6) is 0.197. The summed E-state index contributed by atoms with van der Waals surface area (Å²) >= 11 is 0. The summed E-state index contributed by atoms with van der Waals surface area (Å²) in [5.41, 5.74) is -0.125. The Kier molecular flexibility index (Phi) is 5.92. The predicted molar refractivity (Wildman–Crippen MR) is 68.8 cm³/mol. The molecule has 0 bridgehead atoms. The van der Waals surface area contributed by atoms with Gasteiger partial charge in [-0.3, -0.25) is 4.79 Å². The van der Waals surface area contributed by atoms with E-state index >= 15 is 0 Å². The lowest BCUT2D eigenvalue weighted by atomic mass is 9.95. The third-order valence-electron chi connectivity index (χ3n) is 3.82. The third-order valence-corrected chi connectivity index (χ3v) is 3.82. The largest absolute Gasteiger partial charge is 0.396 e. The van der Waals surface area contributed by atoms with Crippen molar-refractivity contribution in [2.75, 3.05) is 26.2 Å². The van der Waals surface area contributed by atoms with Crippen LogP contribution in [-0.4, -0.2) is 47.7 Å². The Morgan fingerprint density at radius 2 is 2.00 bits per heavy atom. The Labute approximate surface area is 104 Å². The number of piperidine rings is 1. The van der Waals surface area contributed by atoms with Crippen molar-refractivity contribution in [2.45, 2.75) is 51.5 Å². The Balaban J connectivity index is 2.35. The maximum Gasteiger partial charge on any atom is 0.236 e. The standard InChI is InChI=1S/C13H26N2O2/c1-3-13(2,7-10-16)14-11-12(17)15-8-5-4-6-9-15/h14,16H,3-11H2,1-2H3. The molecule has 0 aromatic rings. The van der Waals surface area contributed by atoms with Crippen LogP contribution in [0, 0.1) is 0 Å². The van der Waals surface area contributed by atoms with Gasteiger partial charge in [0.1, 0.15) is 0 Å². The molecule has 1 unspecified atom stereocenters. The van der Waals surface area contributed by atoms with Crippen LogP contribution < -0.4 is 5.32 Å². The second-order valence-corrected chi connectivity index (χ2v) is 5.18. The van der Waals surface area contributed by atoms with Crippen LogP contribution in [0.25, 0.3) is 0 Å². The molecule has 0 aromatic carbocycles. The molecule has 17 heavy (non-hydrogen) atoms. The van der Waals surface area contributed by atoms with E-state index in [1.807, 2.05) is 4.90 Å². The highest BCUT2D eigenvalue weighted by Gasteiger charge is 2.23. The first-order chi connectivity index (χ1) is 8.11. The lowest BCUT2D eigenvalue weighted by Gasteiger charge is -2.32. The van der Waals surface area contributed by atoms with Crippen molar-refractivity contribution in [1.82, 2.24) is 10.2 Å². The fraction of sp³-hybridized carbons (Fsp3) is 0.923. The zero-order valence-corrected chi connectivity index (χ0v) is 11.2. The van der Waals surface area contributed by atoms with E-state index in [2.05, 4.69) is 19.2 Å². The van der Waals surface area contributed by atoms with Gasteiger partial charge in [-0.05, 0) is 39.0 Å². The summed E-state index contributed by atoms with van der Waals surface area (Å²) in [6, 6.07) is 0. The van der Waals surface area contributed by atoms with Crippen molar-refractivity contribution >= 4 is 5.91 Å². The van der Waals surface area contributed by atoms with Crippen LogP contribution in [0.3, 0.4) is 0 Å². The molecule has 0 aliphatic carbocycles. The second kappa shape index (κ2) is 6.97. The highest BCUT2D eigenvalue weighted by Crippen LogP contribution is 2.14. The molecule has 0 saturated carbocycles. The first kappa shape index (κ1) is 14.5. The van der Waals surface area contributed by atoms with Crippen LogP contribution >= 0.6 is 0 Å². The summed E-state index contributed by atoms with van der Waals surface area (Å²) in [4.78, 5) is 13.9. The van der Waals surface area contributed by atoms with Gasteiger partial charge >= 0.3 is 0 Å². The van der Waals surface area contributed by atoms with Gasteiger partial charge in [0, 0.05) is 25.2 Å². The average Bonchev–Trinajstić information content (AvgIpc) is 2.37. The number of nitrogens with one attached hydrogen (secondary N) is 1. The molecule has 2 N–H and O–H groups in total. The van der Waals surface area contributed by atoms with Crippen LogP contribution in [0.15, 0.2) is 0 Å². The SMILES string of the molecule is CCC(C)(CCO)NCC(=O)N1CCCCC1. The lowest BCUT2D eigenvalue weighted by Crippen LogP contribution is -2.49. The number of carbonyl (C=O) groups is 1. The zero-order chi connectivity index (χ0) is 12.7. The summed E-state index contributed by atoms with van der Waals surface area (Å²) in [6.45, 7) is 6.51.